The largest absolute Gasteiger partial charge is 0.490 e. The SMILES string of the molecule is CCCCCCCCCCCCNC(=O)c1ccc(Br)c(OCCn2ncnn2)c1-c1cccc(Cl)c1. The number of rotatable bonds is 17. The van der Waals surface area contributed by atoms with Crippen molar-refractivity contribution in [3.05, 3.63) is 57.8 Å². The highest BCUT2D eigenvalue weighted by Gasteiger charge is 2.20. The van der Waals surface area contributed by atoms with E-state index in [2.05, 4.69) is 43.6 Å². The van der Waals surface area contributed by atoms with Gasteiger partial charge in [0.25, 0.3) is 5.91 Å². The van der Waals surface area contributed by atoms with Gasteiger partial charge in [-0.05, 0) is 57.4 Å². The van der Waals surface area contributed by atoms with E-state index in [4.69, 9.17) is 16.3 Å². The molecule has 1 amide bonds. The van der Waals surface area contributed by atoms with Gasteiger partial charge >= 0.3 is 0 Å². The van der Waals surface area contributed by atoms with Crippen LogP contribution in [-0.2, 0) is 6.54 Å². The lowest BCUT2D eigenvalue weighted by atomic mass is 9.97. The van der Waals surface area contributed by atoms with Crippen LogP contribution in [0, 0.1) is 0 Å². The molecule has 3 aromatic rings. The molecule has 200 valence electrons. The smallest absolute Gasteiger partial charge is 0.252 e. The molecule has 0 spiro atoms. The van der Waals surface area contributed by atoms with Gasteiger partial charge < -0.3 is 10.1 Å². The maximum absolute atomic E-state index is 13.3. The average Bonchev–Trinajstić information content (AvgIpc) is 3.41. The standard InChI is InChI=1S/C28H37BrClN5O2/c1-2-3-4-5-6-7-8-9-10-11-17-31-28(36)24-15-16-25(29)27(37-19-18-35-33-21-32-34-35)26(24)22-13-12-14-23(30)20-22/h12-16,20-21H,2-11,17-19H2,1H3,(H,31,36). The lowest BCUT2D eigenvalue weighted by molar-refractivity contribution is 0.0953. The molecule has 1 heterocycles. The summed E-state index contributed by atoms with van der Waals surface area (Å²) in [5.41, 5.74) is 2.06. The summed E-state index contributed by atoms with van der Waals surface area (Å²) < 4.78 is 6.89. The average molecular weight is 591 g/mol. The van der Waals surface area contributed by atoms with Crippen LogP contribution in [0.1, 0.15) is 81.5 Å². The van der Waals surface area contributed by atoms with Gasteiger partial charge in [0, 0.05) is 17.1 Å². The number of nitrogens with zero attached hydrogens (tertiary/aromatic N) is 4. The number of amides is 1. The number of aromatic nitrogens is 4. The second kappa shape index (κ2) is 16.4. The lowest BCUT2D eigenvalue weighted by Gasteiger charge is -2.18. The molecule has 0 aliphatic carbocycles. The van der Waals surface area contributed by atoms with Crippen LogP contribution in [0.5, 0.6) is 5.75 Å². The Morgan fingerprint density at radius 2 is 1.76 bits per heavy atom. The van der Waals surface area contributed by atoms with Gasteiger partial charge in [-0.3, -0.25) is 4.79 Å². The molecular weight excluding hydrogens is 554 g/mol. The molecule has 0 radical (unpaired) electrons. The topological polar surface area (TPSA) is 81.9 Å². The summed E-state index contributed by atoms with van der Waals surface area (Å²) in [6.45, 7) is 3.64. The molecular formula is C28H37BrClN5O2. The molecule has 1 N–H and O–H groups in total. The molecule has 1 aromatic heterocycles. The Hall–Kier alpha value is -2.45. The molecule has 2 aromatic carbocycles. The minimum Gasteiger partial charge on any atom is -0.490 e. The van der Waals surface area contributed by atoms with Gasteiger partial charge in [0.2, 0.25) is 0 Å². The van der Waals surface area contributed by atoms with Crippen molar-refractivity contribution in [3.8, 4) is 16.9 Å². The fraction of sp³-hybridized carbons (Fsp3) is 0.500. The molecule has 0 unspecified atom stereocenters. The van der Waals surface area contributed by atoms with Gasteiger partial charge in [0.05, 0.1) is 16.6 Å². The Morgan fingerprint density at radius 1 is 1.03 bits per heavy atom. The van der Waals surface area contributed by atoms with E-state index in [-0.39, 0.29) is 5.91 Å². The molecule has 0 fully saturated rings. The lowest BCUT2D eigenvalue weighted by Crippen LogP contribution is -2.25. The van der Waals surface area contributed by atoms with Crippen molar-refractivity contribution in [2.24, 2.45) is 0 Å². The van der Waals surface area contributed by atoms with Crippen molar-refractivity contribution in [2.45, 2.75) is 77.7 Å². The van der Waals surface area contributed by atoms with Crippen LogP contribution in [-0.4, -0.2) is 39.3 Å². The van der Waals surface area contributed by atoms with E-state index in [1.54, 1.807) is 0 Å². The molecule has 0 atom stereocenters. The zero-order valence-corrected chi connectivity index (χ0v) is 23.9. The van der Waals surface area contributed by atoms with E-state index < -0.39 is 0 Å². The first kappa shape index (κ1) is 29.1. The third-order valence-electron chi connectivity index (χ3n) is 6.21. The first-order chi connectivity index (χ1) is 18.1. The highest BCUT2D eigenvalue weighted by molar-refractivity contribution is 9.10. The van der Waals surface area contributed by atoms with Crippen molar-refractivity contribution in [1.29, 1.82) is 0 Å². The van der Waals surface area contributed by atoms with Gasteiger partial charge in [-0.2, -0.15) is 4.80 Å². The third kappa shape index (κ3) is 9.74. The highest BCUT2D eigenvalue weighted by atomic mass is 79.9. The second-order valence-corrected chi connectivity index (χ2v) is 10.4. The van der Waals surface area contributed by atoms with E-state index in [1.807, 2.05) is 36.4 Å². The normalized spacial score (nSPS) is 11.0. The van der Waals surface area contributed by atoms with Crippen LogP contribution < -0.4 is 10.1 Å². The molecule has 0 aliphatic rings. The predicted octanol–water partition coefficient (Wildman–Crippen LogP) is 7.49. The zero-order chi connectivity index (χ0) is 26.3. The Bertz CT molecular complexity index is 1090. The van der Waals surface area contributed by atoms with Crippen LogP contribution in [0.2, 0.25) is 5.02 Å². The monoisotopic (exact) mass is 589 g/mol. The zero-order valence-electron chi connectivity index (χ0n) is 21.6. The van der Waals surface area contributed by atoms with Crippen molar-refractivity contribution < 1.29 is 9.53 Å². The van der Waals surface area contributed by atoms with Crippen molar-refractivity contribution in [2.75, 3.05) is 13.2 Å². The maximum Gasteiger partial charge on any atom is 0.252 e. The first-order valence-electron chi connectivity index (χ1n) is 13.3. The molecule has 7 nitrogen and oxygen atoms in total. The van der Waals surface area contributed by atoms with E-state index >= 15 is 0 Å². The van der Waals surface area contributed by atoms with Crippen molar-refractivity contribution in [1.82, 2.24) is 25.5 Å². The fourth-order valence-corrected chi connectivity index (χ4v) is 4.88. The minimum absolute atomic E-state index is 0.124. The van der Waals surface area contributed by atoms with Gasteiger partial charge in [0.1, 0.15) is 12.4 Å². The van der Waals surface area contributed by atoms with Gasteiger partial charge in [-0.15, -0.1) is 10.2 Å². The second-order valence-electron chi connectivity index (χ2n) is 9.13. The number of ether oxygens (including phenoxy) is 1. The Balaban J connectivity index is 1.59. The number of hydrogen-bond donors (Lipinski definition) is 1. The molecule has 0 saturated heterocycles. The van der Waals surface area contributed by atoms with Crippen LogP contribution in [0.15, 0.2) is 47.2 Å². The van der Waals surface area contributed by atoms with Gasteiger partial charge in [-0.25, -0.2) is 0 Å². The molecule has 0 aliphatic heterocycles. The number of nitrogens with one attached hydrogen (secondary N) is 1. The highest BCUT2D eigenvalue weighted by Crippen LogP contribution is 2.40. The van der Waals surface area contributed by atoms with Crippen molar-refractivity contribution in [3.63, 3.8) is 0 Å². The molecule has 0 bridgehead atoms. The fourth-order valence-electron chi connectivity index (χ4n) is 4.25. The molecule has 37 heavy (non-hydrogen) atoms. The summed E-state index contributed by atoms with van der Waals surface area (Å²) in [6, 6.07) is 11.1. The number of unbranched alkanes of at least 4 members (excludes halogenated alkanes) is 9. The summed E-state index contributed by atoms with van der Waals surface area (Å²) in [4.78, 5) is 14.7. The number of carbonyl (C=O) groups is 1. The molecule has 0 saturated carbocycles. The first-order valence-corrected chi connectivity index (χ1v) is 14.5. The summed E-state index contributed by atoms with van der Waals surface area (Å²) in [5, 5.41) is 15.3. The number of hydrogen-bond acceptors (Lipinski definition) is 5. The Labute approximate surface area is 233 Å². The number of carbonyl (C=O) groups excluding carboxylic acids is 1. The van der Waals surface area contributed by atoms with E-state index in [9.17, 15) is 4.79 Å². The van der Waals surface area contributed by atoms with Crippen LogP contribution in [0.3, 0.4) is 0 Å². The van der Waals surface area contributed by atoms with Crippen LogP contribution in [0.4, 0.5) is 0 Å². The van der Waals surface area contributed by atoms with E-state index in [1.165, 1.54) is 62.5 Å². The summed E-state index contributed by atoms with van der Waals surface area (Å²) >= 11 is 9.89. The third-order valence-corrected chi connectivity index (χ3v) is 7.07. The van der Waals surface area contributed by atoms with Gasteiger partial charge in [0.15, 0.2) is 6.33 Å². The molecule has 9 heteroatoms. The number of benzene rings is 2. The Morgan fingerprint density at radius 3 is 2.43 bits per heavy atom. The summed E-state index contributed by atoms with van der Waals surface area (Å²) in [5.74, 6) is 0.454. The van der Waals surface area contributed by atoms with Crippen LogP contribution >= 0.6 is 27.5 Å². The quantitative estimate of drug-likeness (QED) is 0.165. The van der Waals surface area contributed by atoms with Gasteiger partial charge in [-0.1, -0.05) is 88.4 Å². The van der Waals surface area contributed by atoms with E-state index in [0.717, 1.165) is 22.9 Å². The Kier molecular flexibility index (Phi) is 12.9. The number of halogens is 2. The van der Waals surface area contributed by atoms with E-state index in [0.29, 0.717) is 41.6 Å². The predicted molar refractivity (Wildman–Crippen MR) is 152 cm³/mol. The maximum atomic E-state index is 13.3. The minimum atomic E-state index is -0.124. The number of tetrazole rings is 1. The van der Waals surface area contributed by atoms with Crippen LogP contribution in [0.25, 0.3) is 11.1 Å². The summed E-state index contributed by atoms with van der Waals surface area (Å²) in [6.07, 6.45) is 14.0. The van der Waals surface area contributed by atoms with Crippen molar-refractivity contribution >= 4 is 33.4 Å². The summed E-state index contributed by atoms with van der Waals surface area (Å²) in [7, 11) is 0. The molecule has 3 rings (SSSR count).